The third-order valence-corrected chi connectivity index (χ3v) is 8.44. The average molecular weight is 662 g/mol. The van der Waals surface area contributed by atoms with Gasteiger partial charge in [-0.05, 0) is 72.8 Å². The fourth-order valence-corrected chi connectivity index (χ4v) is 5.61. The minimum Gasteiger partial charge on any atom is -0.501 e. The molecule has 12 heteroatoms. The molecule has 1 aliphatic rings. The van der Waals surface area contributed by atoms with Crippen molar-refractivity contribution in [3.8, 4) is 0 Å². The first-order chi connectivity index (χ1) is 20.7. The first-order valence-corrected chi connectivity index (χ1v) is 14.5. The average Bonchev–Trinajstić information content (AvgIpc) is 2.98. The van der Waals surface area contributed by atoms with Gasteiger partial charge in [-0.2, -0.15) is 26.3 Å². The summed E-state index contributed by atoms with van der Waals surface area (Å²) in [5.74, 6) is -0.345. The minimum atomic E-state index is -4.98. The van der Waals surface area contributed by atoms with Gasteiger partial charge in [-0.1, -0.05) is 59.6 Å². The molecule has 0 bridgehead atoms. The summed E-state index contributed by atoms with van der Waals surface area (Å²) in [6.45, 7) is 1.18. The molecule has 1 N–H and O–H groups in total. The highest BCUT2D eigenvalue weighted by Gasteiger charge is 2.37. The molecule has 1 aliphatic heterocycles. The van der Waals surface area contributed by atoms with Crippen LogP contribution in [0.15, 0.2) is 78.8 Å². The molecule has 4 nitrogen and oxygen atoms in total. The van der Waals surface area contributed by atoms with Crippen molar-refractivity contribution < 1.29 is 40.9 Å². The van der Waals surface area contributed by atoms with Crippen molar-refractivity contribution in [1.82, 2.24) is 4.90 Å². The maximum atomic E-state index is 13.4. The predicted octanol–water partition coefficient (Wildman–Crippen LogP) is 9.19. The van der Waals surface area contributed by atoms with E-state index in [2.05, 4.69) is 4.90 Å². The first kappa shape index (κ1) is 34.0. The van der Waals surface area contributed by atoms with Crippen LogP contribution in [0, 0.1) is 0 Å². The van der Waals surface area contributed by atoms with E-state index in [9.17, 15) is 31.4 Å². The van der Waals surface area contributed by atoms with E-state index < -0.39 is 41.6 Å². The van der Waals surface area contributed by atoms with Gasteiger partial charge in [0.1, 0.15) is 18.6 Å². The van der Waals surface area contributed by atoms with Crippen molar-refractivity contribution in [2.75, 3.05) is 26.7 Å². The molecule has 0 amide bonds. The number of halogens is 8. The fraction of sp³-hybridized carbons (Fsp3) is 0.375. The number of allylic oxidation sites excluding steroid dienone is 1. The second-order valence-corrected chi connectivity index (χ2v) is 11.5. The number of methoxy groups -OCH3 is 1. The Morgan fingerprint density at radius 2 is 1.52 bits per heavy atom. The van der Waals surface area contributed by atoms with Gasteiger partial charge in [0.2, 0.25) is 0 Å². The number of piperidine rings is 1. The molecule has 1 unspecified atom stereocenters. The number of hydrogen-bond donors (Lipinski definition) is 1. The Bertz CT molecular complexity index is 1410. The molecule has 3 aromatic rings. The second kappa shape index (κ2) is 14.0. The molecule has 0 aliphatic carbocycles. The van der Waals surface area contributed by atoms with Gasteiger partial charge in [0.25, 0.3) is 0 Å². The Hall–Kier alpha value is -2.92. The number of hydrogen-bond acceptors (Lipinski definition) is 4. The van der Waals surface area contributed by atoms with E-state index in [1.54, 1.807) is 18.2 Å². The molecule has 0 radical (unpaired) electrons. The third kappa shape index (κ3) is 8.62. The van der Waals surface area contributed by atoms with E-state index in [0.717, 1.165) is 5.56 Å². The van der Waals surface area contributed by atoms with Gasteiger partial charge in [0, 0.05) is 19.0 Å². The molecule has 1 saturated heterocycles. The van der Waals surface area contributed by atoms with E-state index in [-0.39, 0.29) is 22.4 Å². The maximum absolute atomic E-state index is 13.4. The van der Waals surface area contributed by atoms with E-state index in [0.29, 0.717) is 61.6 Å². The van der Waals surface area contributed by atoms with Crippen LogP contribution in [0.3, 0.4) is 0 Å². The van der Waals surface area contributed by atoms with Crippen molar-refractivity contribution in [2.24, 2.45) is 0 Å². The van der Waals surface area contributed by atoms with Crippen molar-refractivity contribution >= 4 is 23.2 Å². The van der Waals surface area contributed by atoms with Crippen molar-refractivity contribution in [3.05, 3.63) is 117 Å². The van der Waals surface area contributed by atoms with Crippen molar-refractivity contribution in [2.45, 2.75) is 49.7 Å². The Labute approximate surface area is 261 Å². The zero-order chi connectivity index (χ0) is 32.1. The lowest BCUT2D eigenvalue weighted by atomic mass is 9.84. The standard InChI is InChI=1S/C32H31Cl2F6NO3/c1-43-20-29(44-19-21-15-24(31(35,36)37)18-25(16-21)32(38,39)40)26(22-7-8-27(33)28(34)17-22)9-12-41-13-10-30(42,11-14-41)23-5-3-2-4-6-23/h2-8,15-18,20,26,42H,9-14,19H2,1H3/b29-20-. The second-order valence-electron chi connectivity index (χ2n) is 10.7. The van der Waals surface area contributed by atoms with Crippen LogP contribution in [0.1, 0.15) is 53.0 Å². The molecule has 44 heavy (non-hydrogen) atoms. The molecule has 238 valence electrons. The SMILES string of the molecule is CO/C=C(\OCc1cc(C(F)(F)F)cc(C(F)(F)F)c1)C(CCN1CCC(O)(c2ccccc2)CC1)c1ccc(Cl)c(Cl)c1. The van der Waals surface area contributed by atoms with E-state index in [1.165, 1.54) is 13.4 Å². The van der Waals surface area contributed by atoms with Crippen molar-refractivity contribution in [1.29, 1.82) is 0 Å². The largest absolute Gasteiger partial charge is 0.501 e. The number of ether oxygens (including phenoxy) is 2. The molecule has 1 atom stereocenters. The molecule has 4 rings (SSSR count). The number of rotatable bonds is 10. The number of aliphatic hydroxyl groups is 1. The topological polar surface area (TPSA) is 41.9 Å². The summed E-state index contributed by atoms with van der Waals surface area (Å²) in [4.78, 5) is 2.18. The van der Waals surface area contributed by atoms with Gasteiger partial charge in [-0.3, -0.25) is 0 Å². The summed E-state index contributed by atoms with van der Waals surface area (Å²) in [5.41, 5.74) is -2.57. The van der Waals surface area contributed by atoms with Crippen LogP contribution in [0.5, 0.6) is 0 Å². The monoisotopic (exact) mass is 661 g/mol. The zero-order valence-electron chi connectivity index (χ0n) is 23.7. The minimum absolute atomic E-state index is 0.0748. The predicted molar refractivity (Wildman–Crippen MR) is 156 cm³/mol. The molecular formula is C32H31Cl2F6NO3. The van der Waals surface area contributed by atoms with Crippen LogP contribution in [0.4, 0.5) is 26.3 Å². The summed E-state index contributed by atoms with van der Waals surface area (Å²) in [5, 5.41) is 11.8. The molecule has 1 fully saturated rings. The van der Waals surface area contributed by atoms with Gasteiger partial charge in [0.05, 0.1) is 33.9 Å². The summed E-state index contributed by atoms with van der Waals surface area (Å²) < 4.78 is 91.6. The quantitative estimate of drug-likeness (QED) is 0.174. The molecule has 0 saturated carbocycles. The summed E-state index contributed by atoms with van der Waals surface area (Å²) in [7, 11) is 1.36. The van der Waals surface area contributed by atoms with Crippen LogP contribution in [-0.4, -0.2) is 36.8 Å². The van der Waals surface area contributed by atoms with E-state index in [4.69, 9.17) is 32.7 Å². The lowest BCUT2D eigenvalue weighted by Crippen LogP contribution is -2.43. The van der Waals surface area contributed by atoms with Crippen LogP contribution in [0.25, 0.3) is 0 Å². The van der Waals surface area contributed by atoms with Crippen LogP contribution in [0.2, 0.25) is 10.0 Å². The first-order valence-electron chi connectivity index (χ1n) is 13.8. The molecule has 0 aromatic heterocycles. The fourth-order valence-electron chi connectivity index (χ4n) is 5.30. The lowest BCUT2D eigenvalue weighted by molar-refractivity contribution is -0.143. The number of nitrogens with zero attached hydrogens (tertiary/aromatic N) is 1. The summed E-state index contributed by atoms with van der Waals surface area (Å²) in [6.07, 6.45) is -7.22. The molecule has 3 aromatic carbocycles. The van der Waals surface area contributed by atoms with Crippen LogP contribution < -0.4 is 0 Å². The maximum Gasteiger partial charge on any atom is 0.416 e. The van der Waals surface area contributed by atoms with Gasteiger partial charge >= 0.3 is 12.4 Å². The number of alkyl halides is 6. The Morgan fingerprint density at radius 3 is 2.07 bits per heavy atom. The van der Waals surface area contributed by atoms with E-state index in [1.807, 2.05) is 30.3 Å². The van der Waals surface area contributed by atoms with Crippen molar-refractivity contribution in [3.63, 3.8) is 0 Å². The van der Waals surface area contributed by atoms with Crippen LogP contribution in [-0.2, 0) is 34.0 Å². The smallest absolute Gasteiger partial charge is 0.416 e. The molecular weight excluding hydrogens is 631 g/mol. The van der Waals surface area contributed by atoms with Crippen LogP contribution >= 0.6 is 23.2 Å². The Kier molecular flexibility index (Phi) is 10.8. The highest BCUT2D eigenvalue weighted by atomic mass is 35.5. The van der Waals surface area contributed by atoms with E-state index >= 15 is 0 Å². The van der Waals surface area contributed by atoms with Gasteiger partial charge in [0.15, 0.2) is 0 Å². The van der Waals surface area contributed by atoms with Gasteiger partial charge < -0.3 is 19.5 Å². The normalized spacial score (nSPS) is 16.9. The molecule has 0 spiro atoms. The zero-order valence-corrected chi connectivity index (χ0v) is 25.2. The summed E-state index contributed by atoms with van der Waals surface area (Å²) >= 11 is 12.4. The van der Waals surface area contributed by atoms with Gasteiger partial charge in [-0.25, -0.2) is 0 Å². The number of likely N-dealkylation sites (tertiary alicyclic amines) is 1. The third-order valence-electron chi connectivity index (χ3n) is 7.70. The Morgan fingerprint density at radius 1 is 0.909 bits per heavy atom. The highest BCUT2D eigenvalue weighted by molar-refractivity contribution is 6.42. The highest BCUT2D eigenvalue weighted by Crippen LogP contribution is 2.39. The molecule has 1 heterocycles. The van der Waals surface area contributed by atoms with Gasteiger partial charge in [-0.15, -0.1) is 0 Å². The Balaban J connectivity index is 1.55. The summed E-state index contributed by atoms with van der Waals surface area (Å²) in [6, 6.07) is 15.8. The number of benzene rings is 3. The lowest BCUT2D eigenvalue weighted by Gasteiger charge is -2.39.